The molecule has 7 heteroatoms. The molecule has 0 rings (SSSR count). The summed E-state index contributed by atoms with van der Waals surface area (Å²) in [5.41, 5.74) is 4.57. The molecule has 0 fully saturated rings. The van der Waals surface area contributed by atoms with Crippen LogP contribution in [0.15, 0.2) is 0 Å². The lowest BCUT2D eigenvalue weighted by molar-refractivity contribution is -0.142. The molecular weight excluding hydrogens is 156 g/mol. The van der Waals surface area contributed by atoms with E-state index in [1.165, 1.54) is 0 Å². The number of hydrogen-bond acceptors (Lipinski definition) is 5. The van der Waals surface area contributed by atoms with Crippen molar-refractivity contribution in [3.63, 3.8) is 0 Å². The Hall–Kier alpha value is -1.18. The molecule has 0 unspecified atom stereocenters. The summed E-state index contributed by atoms with van der Waals surface area (Å²) in [6.45, 7) is -0.708. The standard InChI is InChI=1S/C2H5NO3.C2H5NO2/c3-6-1-2(4)5;3-1-2(4)5/h1,3H2,(H,4,5);1,3H2,(H,4,5). The zero-order valence-corrected chi connectivity index (χ0v) is 5.69. The van der Waals surface area contributed by atoms with Gasteiger partial charge in [-0.2, -0.15) is 0 Å². The molecule has 0 aliphatic rings. The van der Waals surface area contributed by atoms with Gasteiger partial charge in [0.05, 0.1) is 6.54 Å². The average molecular weight is 166 g/mol. The van der Waals surface area contributed by atoms with E-state index in [-0.39, 0.29) is 6.54 Å². The van der Waals surface area contributed by atoms with Gasteiger partial charge in [0.25, 0.3) is 0 Å². The lowest BCUT2D eigenvalue weighted by Gasteiger charge is -1.83. The molecule has 7 nitrogen and oxygen atoms in total. The van der Waals surface area contributed by atoms with Crippen LogP contribution >= 0.6 is 0 Å². The molecule has 0 saturated carbocycles. The van der Waals surface area contributed by atoms with Crippen LogP contribution in [0.4, 0.5) is 0 Å². The third-order valence-electron chi connectivity index (χ3n) is 0.381. The molecular formula is C4H10N2O5. The van der Waals surface area contributed by atoms with Gasteiger partial charge in [0.15, 0.2) is 6.61 Å². The van der Waals surface area contributed by atoms with Crippen LogP contribution in [0.3, 0.4) is 0 Å². The molecule has 11 heavy (non-hydrogen) atoms. The third kappa shape index (κ3) is 28.1. The van der Waals surface area contributed by atoms with E-state index in [0.29, 0.717) is 0 Å². The van der Waals surface area contributed by atoms with Crippen molar-refractivity contribution < 1.29 is 24.6 Å². The molecule has 0 heterocycles. The molecule has 66 valence electrons. The molecule has 0 amide bonds. The molecule has 0 bridgehead atoms. The number of carboxylic acids is 2. The molecule has 0 aromatic carbocycles. The first kappa shape index (κ1) is 12.5. The number of nitrogens with two attached hydrogens (primary N) is 2. The molecule has 0 aromatic heterocycles. The Morgan fingerprint density at radius 2 is 1.64 bits per heavy atom. The van der Waals surface area contributed by atoms with E-state index in [1.807, 2.05) is 0 Å². The predicted molar refractivity (Wildman–Crippen MR) is 34.5 cm³/mol. The number of aliphatic carboxylic acids is 2. The van der Waals surface area contributed by atoms with Gasteiger partial charge in [-0.25, -0.2) is 10.7 Å². The van der Waals surface area contributed by atoms with Crippen molar-refractivity contribution in [2.24, 2.45) is 11.6 Å². The molecule has 0 aromatic rings. The van der Waals surface area contributed by atoms with Crippen molar-refractivity contribution >= 4 is 11.9 Å². The van der Waals surface area contributed by atoms with Crippen molar-refractivity contribution in [2.45, 2.75) is 0 Å². The van der Waals surface area contributed by atoms with Crippen LogP contribution in [0.5, 0.6) is 0 Å². The van der Waals surface area contributed by atoms with Crippen molar-refractivity contribution in [3.8, 4) is 0 Å². The largest absolute Gasteiger partial charge is 0.480 e. The first-order valence-corrected chi connectivity index (χ1v) is 2.50. The Kier molecular flexibility index (Phi) is 10.0. The highest BCUT2D eigenvalue weighted by Gasteiger charge is 1.88. The van der Waals surface area contributed by atoms with Crippen LogP contribution in [-0.2, 0) is 14.4 Å². The van der Waals surface area contributed by atoms with Crippen LogP contribution in [0.2, 0.25) is 0 Å². The van der Waals surface area contributed by atoms with Gasteiger partial charge in [-0.1, -0.05) is 0 Å². The number of rotatable bonds is 3. The molecule has 6 N–H and O–H groups in total. The maximum absolute atomic E-state index is 9.39. The van der Waals surface area contributed by atoms with Crippen LogP contribution in [0, 0.1) is 0 Å². The minimum absolute atomic E-state index is 0.278. The van der Waals surface area contributed by atoms with E-state index in [9.17, 15) is 9.59 Å². The second kappa shape index (κ2) is 8.82. The maximum Gasteiger partial charge on any atom is 0.331 e. The highest BCUT2D eigenvalue weighted by molar-refractivity contribution is 5.68. The van der Waals surface area contributed by atoms with Gasteiger partial charge in [-0.05, 0) is 0 Å². The van der Waals surface area contributed by atoms with Gasteiger partial charge in [0, 0.05) is 0 Å². The summed E-state index contributed by atoms with van der Waals surface area (Å²) in [6.07, 6.45) is 0. The Morgan fingerprint density at radius 3 is 1.64 bits per heavy atom. The molecule has 0 radical (unpaired) electrons. The van der Waals surface area contributed by atoms with Gasteiger partial charge in [0.1, 0.15) is 0 Å². The molecule has 0 atom stereocenters. The fourth-order valence-electron chi connectivity index (χ4n) is 0.0713. The van der Waals surface area contributed by atoms with Crippen LogP contribution in [0.1, 0.15) is 0 Å². The predicted octanol–water partition coefficient (Wildman–Crippen LogP) is -2.01. The first-order chi connectivity index (χ1) is 5.04. The van der Waals surface area contributed by atoms with Gasteiger partial charge < -0.3 is 15.9 Å². The van der Waals surface area contributed by atoms with Crippen molar-refractivity contribution in [1.29, 1.82) is 0 Å². The van der Waals surface area contributed by atoms with Crippen molar-refractivity contribution in [2.75, 3.05) is 13.2 Å². The minimum atomic E-state index is -1.06. The lowest BCUT2D eigenvalue weighted by atomic mass is 10.7. The number of hydrogen-bond donors (Lipinski definition) is 4. The molecule has 0 aliphatic heterocycles. The Bertz CT molecular complexity index is 126. The monoisotopic (exact) mass is 166 g/mol. The smallest absolute Gasteiger partial charge is 0.331 e. The van der Waals surface area contributed by atoms with Gasteiger partial charge >= 0.3 is 11.9 Å². The van der Waals surface area contributed by atoms with Gasteiger partial charge in [-0.3, -0.25) is 9.63 Å². The van der Waals surface area contributed by atoms with Crippen LogP contribution < -0.4 is 11.6 Å². The zero-order chi connectivity index (χ0) is 9.28. The summed E-state index contributed by atoms with van der Waals surface area (Å²) in [5.74, 6) is 2.32. The van der Waals surface area contributed by atoms with E-state index in [4.69, 9.17) is 10.2 Å². The van der Waals surface area contributed by atoms with Crippen molar-refractivity contribution in [1.82, 2.24) is 0 Å². The second-order valence-corrected chi connectivity index (χ2v) is 1.30. The fraction of sp³-hybridized carbons (Fsp3) is 0.500. The minimum Gasteiger partial charge on any atom is -0.480 e. The Morgan fingerprint density at radius 1 is 1.27 bits per heavy atom. The summed E-state index contributed by atoms with van der Waals surface area (Å²) in [6, 6.07) is 0. The van der Waals surface area contributed by atoms with Gasteiger partial charge in [0.2, 0.25) is 0 Å². The summed E-state index contributed by atoms with van der Waals surface area (Å²) in [5, 5.41) is 15.3. The highest BCUT2D eigenvalue weighted by Crippen LogP contribution is 1.57. The summed E-state index contributed by atoms with van der Waals surface area (Å²) < 4.78 is 0. The molecule has 0 aliphatic carbocycles. The van der Waals surface area contributed by atoms with E-state index in [1.54, 1.807) is 0 Å². The van der Waals surface area contributed by atoms with Gasteiger partial charge in [-0.15, -0.1) is 0 Å². The second-order valence-electron chi connectivity index (χ2n) is 1.30. The molecule has 0 saturated heterocycles. The van der Waals surface area contributed by atoms with Crippen LogP contribution in [0.25, 0.3) is 0 Å². The SMILES string of the molecule is NCC(=O)O.NOCC(=O)O. The van der Waals surface area contributed by atoms with E-state index >= 15 is 0 Å². The zero-order valence-electron chi connectivity index (χ0n) is 5.69. The summed E-state index contributed by atoms with van der Waals surface area (Å²) in [4.78, 5) is 22.3. The van der Waals surface area contributed by atoms with Crippen LogP contribution in [-0.4, -0.2) is 35.3 Å². The third-order valence-corrected chi connectivity index (χ3v) is 0.381. The normalized spacial score (nSPS) is 7.82. The average Bonchev–Trinajstić information content (AvgIpc) is 1.89. The maximum atomic E-state index is 9.39. The topological polar surface area (TPSA) is 136 Å². The lowest BCUT2D eigenvalue weighted by Crippen LogP contribution is -2.10. The van der Waals surface area contributed by atoms with E-state index in [2.05, 4.69) is 16.5 Å². The Labute approximate surface area is 62.5 Å². The first-order valence-electron chi connectivity index (χ1n) is 2.50. The number of carboxylic acid groups (broad SMARTS) is 2. The van der Waals surface area contributed by atoms with E-state index in [0.717, 1.165) is 0 Å². The van der Waals surface area contributed by atoms with Crippen molar-refractivity contribution in [3.05, 3.63) is 0 Å². The Balaban J connectivity index is 0. The summed E-state index contributed by atoms with van der Waals surface area (Å²) in [7, 11) is 0. The van der Waals surface area contributed by atoms with E-state index < -0.39 is 18.5 Å². The quantitative estimate of drug-likeness (QED) is 0.355. The molecule has 0 spiro atoms. The number of carbonyl (C=O) groups is 2. The fourth-order valence-corrected chi connectivity index (χ4v) is 0.0713. The highest BCUT2D eigenvalue weighted by atomic mass is 16.6. The summed E-state index contributed by atoms with van der Waals surface area (Å²) >= 11 is 0.